The Labute approximate surface area is 131 Å². The SMILES string of the molecule is N#Cc1ccc(N2C(=O)CCC2[C@H](O)C(F)(F)F)cc1C(F)(F)F. The second-order valence-corrected chi connectivity index (χ2v) is 5.20. The maximum absolute atomic E-state index is 13.0. The summed E-state index contributed by atoms with van der Waals surface area (Å²) in [5, 5.41) is 18.1. The van der Waals surface area contributed by atoms with Gasteiger partial charge in [-0.25, -0.2) is 0 Å². The minimum atomic E-state index is -5.02. The largest absolute Gasteiger partial charge is 0.417 e. The molecular formula is C14H10F6N2O2. The van der Waals surface area contributed by atoms with Crippen molar-refractivity contribution >= 4 is 11.6 Å². The van der Waals surface area contributed by atoms with Crippen LogP contribution in [0.4, 0.5) is 32.0 Å². The van der Waals surface area contributed by atoms with Crippen LogP contribution in [-0.4, -0.2) is 29.3 Å². The van der Waals surface area contributed by atoms with Gasteiger partial charge in [0.1, 0.15) is 0 Å². The predicted molar refractivity (Wildman–Crippen MR) is 68.7 cm³/mol. The minimum Gasteiger partial charge on any atom is -0.382 e. The zero-order chi connectivity index (χ0) is 18.3. The van der Waals surface area contributed by atoms with Crippen molar-refractivity contribution < 1.29 is 36.2 Å². The summed E-state index contributed by atoms with van der Waals surface area (Å²) in [6.07, 6.45) is -13.5. The predicted octanol–water partition coefficient (Wildman–Crippen LogP) is 3.00. The molecule has 0 aromatic heterocycles. The lowest BCUT2D eigenvalue weighted by atomic mass is 10.0. The Morgan fingerprint density at radius 1 is 1.25 bits per heavy atom. The third kappa shape index (κ3) is 3.31. The zero-order valence-electron chi connectivity index (χ0n) is 11.8. The fraction of sp³-hybridized carbons (Fsp3) is 0.429. The first-order chi connectivity index (χ1) is 11.0. The number of amides is 1. The van der Waals surface area contributed by atoms with Gasteiger partial charge in [0.25, 0.3) is 0 Å². The van der Waals surface area contributed by atoms with Crippen LogP contribution < -0.4 is 4.90 Å². The molecule has 1 aliphatic heterocycles. The summed E-state index contributed by atoms with van der Waals surface area (Å²) in [6, 6.07) is 1.79. The van der Waals surface area contributed by atoms with Crippen molar-refractivity contribution in [2.45, 2.75) is 37.3 Å². The molecule has 1 saturated heterocycles. The molecule has 1 aromatic rings. The van der Waals surface area contributed by atoms with E-state index in [1.807, 2.05) is 0 Å². The highest BCUT2D eigenvalue weighted by atomic mass is 19.4. The van der Waals surface area contributed by atoms with Crippen LogP contribution in [0.1, 0.15) is 24.0 Å². The Morgan fingerprint density at radius 2 is 1.88 bits per heavy atom. The van der Waals surface area contributed by atoms with E-state index in [1.54, 1.807) is 0 Å². The molecule has 1 amide bonds. The molecule has 1 aliphatic rings. The van der Waals surface area contributed by atoms with Gasteiger partial charge in [-0.3, -0.25) is 4.79 Å². The van der Waals surface area contributed by atoms with Gasteiger partial charge in [0.2, 0.25) is 5.91 Å². The highest BCUT2D eigenvalue weighted by Gasteiger charge is 2.49. The highest BCUT2D eigenvalue weighted by Crippen LogP contribution is 2.38. The molecule has 2 rings (SSSR count). The van der Waals surface area contributed by atoms with Crippen LogP contribution in [0, 0.1) is 11.3 Å². The van der Waals surface area contributed by atoms with Gasteiger partial charge in [0.15, 0.2) is 6.10 Å². The second kappa shape index (κ2) is 5.98. The normalized spacial score (nSPS) is 20.2. The number of nitriles is 1. The average molecular weight is 352 g/mol. The molecule has 1 fully saturated rings. The molecule has 2 atom stereocenters. The Morgan fingerprint density at radius 3 is 2.38 bits per heavy atom. The summed E-state index contributed by atoms with van der Waals surface area (Å²) < 4.78 is 77.0. The van der Waals surface area contributed by atoms with Crippen LogP contribution in [0.3, 0.4) is 0 Å². The molecule has 0 spiro atoms. The highest BCUT2D eigenvalue weighted by molar-refractivity contribution is 5.96. The first-order valence-corrected chi connectivity index (χ1v) is 6.65. The Bertz CT molecular complexity index is 692. The molecule has 0 aliphatic carbocycles. The second-order valence-electron chi connectivity index (χ2n) is 5.20. The number of alkyl halides is 6. The number of benzene rings is 1. The lowest BCUT2D eigenvalue weighted by molar-refractivity contribution is -0.209. The number of nitrogens with zero attached hydrogens (tertiary/aromatic N) is 2. The van der Waals surface area contributed by atoms with Crippen molar-refractivity contribution in [1.82, 2.24) is 0 Å². The lowest BCUT2D eigenvalue weighted by Crippen LogP contribution is -2.48. The molecule has 0 bridgehead atoms. The zero-order valence-corrected chi connectivity index (χ0v) is 11.8. The maximum atomic E-state index is 13.0. The first-order valence-electron chi connectivity index (χ1n) is 6.65. The van der Waals surface area contributed by atoms with E-state index in [0.717, 1.165) is 12.1 Å². The molecule has 1 N–H and O–H groups in total. The van der Waals surface area contributed by atoms with E-state index in [4.69, 9.17) is 5.26 Å². The molecule has 130 valence electrons. The van der Waals surface area contributed by atoms with E-state index in [9.17, 15) is 36.2 Å². The van der Waals surface area contributed by atoms with Crippen molar-refractivity contribution in [3.05, 3.63) is 29.3 Å². The fourth-order valence-electron chi connectivity index (χ4n) is 2.57. The van der Waals surface area contributed by atoms with Crippen molar-refractivity contribution in [2.24, 2.45) is 0 Å². The van der Waals surface area contributed by atoms with Crippen LogP contribution in [-0.2, 0) is 11.0 Å². The summed E-state index contributed by atoms with van der Waals surface area (Å²) in [5.41, 5.74) is -2.52. The van der Waals surface area contributed by atoms with Gasteiger partial charge >= 0.3 is 12.4 Å². The van der Waals surface area contributed by atoms with E-state index < -0.39 is 47.2 Å². The molecule has 1 aromatic carbocycles. The van der Waals surface area contributed by atoms with Crippen molar-refractivity contribution in [2.75, 3.05) is 4.90 Å². The van der Waals surface area contributed by atoms with Crippen molar-refractivity contribution in [3.63, 3.8) is 0 Å². The molecule has 1 unspecified atom stereocenters. The lowest BCUT2D eigenvalue weighted by Gasteiger charge is -2.30. The number of aliphatic hydroxyl groups excluding tert-OH is 1. The molecule has 0 saturated carbocycles. The summed E-state index contributed by atoms with van der Waals surface area (Å²) in [7, 11) is 0. The van der Waals surface area contributed by atoms with E-state index >= 15 is 0 Å². The summed E-state index contributed by atoms with van der Waals surface area (Å²) in [6.45, 7) is 0. The summed E-state index contributed by atoms with van der Waals surface area (Å²) >= 11 is 0. The number of anilines is 1. The molecular weight excluding hydrogens is 342 g/mol. The van der Waals surface area contributed by atoms with Crippen LogP contribution in [0.15, 0.2) is 18.2 Å². The van der Waals surface area contributed by atoms with Gasteiger partial charge in [-0.2, -0.15) is 31.6 Å². The quantitative estimate of drug-likeness (QED) is 0.833. The summed E-state index contributed by atoms with van der Waals surface area (Å²) in [4.78, 5) is 12.3. The molecule has 0 radical (unpaired) electrons. The van der Waals surface area contributed by atoms with Gasteiger partial charge in [-0.15, -0.1) is 0 Å². The van der Waals surface area contributed by atoms with E-state index in [1.165, 1.54) is 6.07 Å². The van der Waals surface area contributed by atoms with Gasteiger partial charge in [-0.1, -0.05) is 0 Å². The molecule has 10 heteroatoms. The summed E-state index contributed by atoms with van der Waals surface area (Å²) in [5.74, 6) is -0.832. The molecule has 1 heterocycles. The van der Waals surface area contributed by atoms with Crippen LogP contribution in [0.25, 0.3) is 0 Å². The number of hydrogen-bond donors (Lipinski definition) is 1. The third-order valence-corrected chi connectivity index (χ3v) is 3.66. The Hall–Kier alpha value is -2.28. The van der Waals surface area contributed by atoms with E-state index in [0.29, 0.717) is 11.0 Å². The van der Waals surface area contributed by atoms with E-state index in [-0.39, 0.29) is 12.8 Å². The van der Waals surface area contributed by atoms with Crippen LogP contribution in [0.2, 0.25) is 0 Å². The smallest absolute Gasteiger partial charge is 0.382 e. The van der Waals surface area contributed by atoms with Gasteiger partial charge < -0.3 is 10.0 Å². The number of hydrogen-bond acceptors (Lipinski definition) is 3. The van der Waals surface area contributed by atoms with Crippen LogP contribution >= 0.6 is 0 Å². The molecule has 24 heavy (non-hydrogen) atoms. The minimum absolute atomic E-state index is 0.334. The molecule has 4 nitrogen and oxygen atoms in total. The van der Waals surface area contributed by atoms with Crippen molar-refractivity contribution in [3.8, 4) is 6.07 Å². The maximum Gasteiger partial charge on any atom is 0.417 e. The third-order valence-electron chi connectivity index (χ3n) is 3.66. The fourth-order valence-corrected chi connectivity index (χ4v) is 2.57. The van der Waals surface area contributed by atoms with Crippen molar-refractivity contribution in [1.29, 1.82) is 5.26 Å². The Kier molecular flexibility index (Phi) is 4.50. The standard InChI is InChI=1S/C14H10F6N2O2/c15-13(16,17)9-5-8(2-1-7(9)6-21)22-10(3-4-11(22)23)12(24)14(18,19)20/h1-2,5,10,12,24H,3-4H2/t10?,12-/m0/s1. The first kappa shape index (κ1) is 18.1. The number of halogens is 6. The topological polar surface area (TPSA) is 64.3 Å². The average Bonchev–Trinajstić information content (AvgIpc) is 2.85. The van der Waals surface area contributed by atoms with Crippen LogP contribution in [0.5, 0.6) is 0 Å². The van der Waals surface area contributed by atoms with E-state index in [2.05, 4.69) is 0 Å². The number of rotatable bonds is 2. The Balaban J connectivity index is 2.49. The van der Waals surface area contributed by atoms with Gasteiger partial charge in [0.05, 0.1) is 23.2 Å². The number of aliphatic hydroxyl groups is 1. The number of carbonyl (C=O) groups excluding carboxylic acids is 1. The number of carbonyl (C=O) groups is 1. The van der Waals surface area contributed by atoms with Gasteiger partial charge in [0, 0.05) is 12.1 Å². The van der Waals surface area contributed by atoms with Gasteiger partial charge in [-0.05, 0) is 24.6 Å². The monoisotopic (exact) mass is 352 g/mol.